The van der Waals surface area contributed by atoms with Crippen LogP contribution in [0.2, 0.25) is 0 Å². The van der Waals surface area contributed by atoms with E-state index in [9.17, 15) is 13.2 Å². The second kappa shape index (κ2) is 3.66. The van der Waals surface area contributed by atoms with Gasteiger partial charge >= 0.3 is 4.83 Å². The zero-order valence-corrected chi connectivity index (χ0v) is 9.11. The van der Waals surface area contributed by atoms with E-state index in [2.05, 4.69) is 22.5 Å². The molecule has 0 bridgehead atoms. The minimum Gasteiger partial charge on any atom is -0.218 e. The molecule has 0 aliphatic rings. The summed E-state index contributed by atoms with van der Waals surface area (Å²) in [5.74, 6) is 0. The lowest BCUT2D eigenvalue weighted by Crippen LogP contribution is -2.33. The molecule has 1 atom stereocenters. The number of hydrogen-bond acceptors (Lipinski definition) is 0. The predicted octanol–water partition coefficient (Wildman–Crippen LogP) is 4.18. The molecule has 0 N–H and O–H groups in total. The molecule has 0 amide bonds. The van der Waals surface area contributed by atoms with Crippen molar-refractivity contribution in [3.63, 3.8) is 0 Å². The van der Waals surface area contributed by atoms with Crippen LogP contribution in [-0.2, 0) is 0 Å². The summed E-state index contributed by atoms with van der Waals surface area (Å²) in [4.78, 5) is -3.75. The number of hydrogen-bond donors (Lipinski definition) is 0. The van der Waals surface area contributed by atoms with Crippen LogP contribution in [0.15, 0.2) is 11.1 Å². The summed E-state index contributed by atoms with van der Waals surface area (Å²) < 4.78 is 37.2. The predicted molar refractivity (Wildman–Crippen MR) is 46.3 cm³/mol. The normalized spacial score (nSPS) is 17.6. The first-order valence-corrected chi connectivity index (χ1v) is 4.41. The van der Waals surface area contributed by atoms with Crippen LogP contribution >= 0.6 is 43.5 Å². The summed E-state index contributed by atoms with van der Waals surface area (Å²) in [6.07, 6.45) is -0.660. The maximum absolute atomic E-state index is 12.7. The minimum absolute atomic E-state index is 0.0779. The molecule has 11 heavy (non-hydrogen) atoms. The average molecular weight is 316 g/mol. The average Bonchev–Trinajstić information content (AvgIpc) is 1.56. The second-order valence-corrected chi connectivity index (χ2v) is 4.61. The van der Waals surface area contributed by atoms with E-state index in [1.807, 2.05) is 15.9 Å². The van der Waals surface area contributed by atoms with E-state index in [0.717, 1.165) is 0 Å². The lowest BCUT2D eigenvalue weighted by molar-refractivity contribution is -0.00343. The molecule has 66 valence electrons. The summed E-state index contributed by atoms with van der Waals surface area (Å²) in [7, 11) is 0. The van der Waals surface area contributed by atoms with Gasteiger partial charge in [-0.25, -0.2) is 4.39 Å². The standard InChI is InChI=1S/C5H4Br2ClF3/c1-3(6)2-4(8,9)5(7,10)11/h1-2H2. The Balaban J connectivity index is 4.34. The quantitative estimate of drug-likeness (QED) is 0.685. The van der Waals surface area contributed by atoms with Gasteiger partial charge in [0.05, 0.1) is 0 Å². The van der Waals surface area contributed by atoms with Crippen molar-refractivity contribution in [2.45, 2.75) is 16.4 Å². The topological polar surface area (TPSA) is 0 Å². The molecule has 0 aliphatic carbocycles. The Labute approximate surface area is 84.0 Å². The maximum Gasteiger partial charge on any atom is 0.348 e. The van der Waals surface area contributed by atoms with Crippen molar-refractivity contribution in [3.05, 3.63) is 11.1 Å². The molecule has 0 aliphatic heterocycles. The molecule has 0 nitrogen and oxygen atoms in total. The van der Waals surface area contributed by atoms with Crippen molar-refractivity contribution in [1.29, 1.82) is 0 Å². The number of halogens is 6. The van der Waals surface area contributed by atoms with Crippen LogP contribution in [-0.4, -0.2) is 9.96 Å². The van der Waals surface area contributed by atoms with Crippen molar-refractivity contribution in [1.82, 2.24) is 0 Å². The van der Waals surface area contributed by atoms with Crippen molar-refractivity contribution in [3.8, 4) is 0 Å². The van der Waals surface area contributed by atoms with Crippen LogP contribution in [0.5, 0.6) is 0 Å². The molecule has 0 aromatic rings. The van der Waals surface area contributed by atoms with Gasteiger partial charge in [-0.1, -0.05) is 34.1 Å². The van der Waals surface area contributed by atoms with Crippen LogP contribution in [0.1, 0.15) is 6.42 Å². The second-order valence-electron chi connectivity index (χ2n) is 1.90. The first-order valence-electron chi connectivity index (χ1n) is 2.44. The third-order valence-corrected chi connectivity index (χ3v) is 2.34. The highest BCUT2D eigenvalue weighted by molar-refractivity contribution is 9.11. The molecule has 0 aromatic heterocycles. The van der Waals surface area contributed by atoms with E-state index in [1.54, 1.807) is 0 Å². The van der Waals surface area contributed by atoms with Crippen molar-refractivity contribution < 1.29 is 13.2 Å². The third kappa shape index (κ3) is 3.80. The highest BCUT2D eigenvalue weighted by atomic mass is 79.9. The summed E-state index contributed by atoms with van der Waals surface area (Å²) in [5, 5.41) is -3.13. The first kappa shape index (κ1) is 11.8. The molecular formula is C5H4Br2ClF3. The smallest absolute Gasteiger partial charge is 0.218 e. The fourth-order valence-corrected chi connectivity index (χ4v) is 1.19. The van der Waals surface area contributed by atoms with E-state index >= 15 is 0 Å². The fourth-order valence-electron chi connectivity index (χ4n) is 0.341. The van der Waals surface area contributed by atoms with Gasteiger partial charge in [0, 0.05) is 6.42 Å². The largest absolute Gasteiger partial charge is 0.348 e. The fraction of sp³-hybridized carbons (Fsp3) is 0.600. The zero-order chi connectivity index (χ0) is 9.28. The van der Waals surface area contributed by atoms with Gasteiger partial charge in [-0.05, 0) is 20.4 Å². The summed E-state index contributed by atoms with van der Waals surface area (Å²) in [5.41, 5.74) is 0. The number of rotatable bonds is 3. The van der Waals surface area contributed by atoms with Gasteiger partial charge in [0.15, 0.2) is 0 Å². The highest BCUT2D eigenvalue weighted by Crippen LogP contribution is 2.45. The molecule has 0 saturated heterocycles. The highest BCUT2D eigenvalue weighted by Gasteiger charge is 2.51. The van der Waals surface area contributed by atoms with Crippen molar-refractivity contribution >= 4 is 43.5 Å². The first-order chi connectivity index (χ1) is 4.67. The third-order valence-electron chi connectivity index (χ3n) is 0.829. The van der Waals surface area contributed by atoms with E-state index in [1.165, 1.54) is 0 Å². The van der Waals surface area contributed by atoms with Gasteiger partial charge in [0.25, 0.3) is 5.13 Å². The molecule has 0 rings (SSSR count). The van der Waals surface area contributed by atoms with E-state index in [-0.39, 0.29) is 4.48 Å². The SMILES string of the molecule is C=C(Br)CC(F)(Cl)C(F)(F)Br. The van der Waals surface area contributed by atoms with Gasteiger partial charge in [-0.3, -0.25) is 0 Å². The van der Waals surface area contributed by atoms with Crippen LogP contribution in [0.3, 0.4) is 0 Å². The molecule has 0 radical (unpaired) electrons. The molecule has 0 saturated carbocycles. The van der Waals surface area contributed by atoms with Gasteiger partial charge < -0.3 is 0 Å². The molecule has 0 heterocycles. The van der Waals surface area contributed by atoms with Gasteiger partial charge in [-0.2, -0.15) is 8.78 Å². The van der Waals surface area contributed by atoms with Crippen LogP contribution in [0.4, 0.5) is 13.2 Å². The lowest BCUT2D eigenvalue weighted by atomic mass is 10.3. The van der Waals surface area contributed by atoms with Gasteiger partial charge in [-0.15, -0.1) is 0 Å². The van der Waals surface area contributed by atoms with E-state index in [0.29, 0.717) is 0 Å². The zero-order valence-electron chi connectivity index (χ0n) is 5.18. The molecule has 0 spiro atoms. The summed E-state index contributed by atoms with van der Waals surface area (Å²) in [6.45, 7) is 3.19. The Bertz CT molecular complexity index is 164. The Morgan fingerprint density at radius 3 is 1.91 bits per heavy atom. The lowest BCUT2D eigenvalue weighted by Gasteiger charge is -2.22. The Hall–Kier alpha value is 0.780. The van der Waals surface area contributed by atoms with Gasteiger partial charge in [0.1, 0.15) is 0 Å². The summed E-state index contributed by atoms with van der Waals surface area (Å²) in [6, 6.07) is 0. The van der Waals surface area contributed by atoms with Crippen LogP contribution in [0, 0.1) is 0 Å². The van der Waals surface area contributed by atoms with Crippen molar-refractivity contribution in [2.75, 3.05) is 0 Å². The molecule has 0 aromatic carbocycles. The molecular weight excluding hydrogens is 312 g/mol. The Morgan fingerprint density at radius 2 is 1.82 bits per heavy atom. The van der Waals surface area contributed by atoms with Crippen LogP contribution < -0.4 is 0 Å². The monoisotopic (exact) mass is 314 g/mol. The van der Waals surface area contributed by atoms with E-state index < -0.39 is 16.4 Å². The summed E-state index contributed by atoms with van der Waals surface area (Å²) >= 11 is 9.41. The molecule has 6 heteroatoms. The molecule has 1 unspecified atom stereocenters. The number of alkyl halides is 5. The molecule has 0 fully saturated rings. The van der Waals surface area contributed by atoms with Crippen molar-refractivity contribution in [2.24, 2.45) is 0 Å². The Kier molecular flexibility index (Phi) is 3.92. The Morgan fingerprint density at radius 1 is 1.45 bits per heavy atom. The minimum atomic E-state index is -3.75. The maximum atomic E-state index is 12.7. The van der Waals surface area contributed by atoms with Gasteiger partial charge in [0.2, 0.25) is 0 Å². The van der Waals surface area contributed by atoms with E-state index in [4.69, 9.17) is 11.6 Å². The number of allylic oxidation sites excluding steroid dienone is 1. The van der Waals surface area contributed by atoms with Crippen LogP contribution in [0.25, 0.3) is 0 Å².